The summed E-state index contributed by atoms with van der Waals surface area (Å²) in [5.41, 5.74) is 0. The lowest BCUT2D eigenvalue weighted by Gasteiger charge is -1.99. The lowest BCUT2D eigenvalue weighted by molar-refractivity contribution is -0.900. The van der Waals surface area contributed by atoms with Gasteiger partial charge in [0.2, 0.25) is 0 Å². The molecular weight excluding hydrogens is 488 g/mol. The average Bonchev–Trinajstić information content (AvgIpc) is 2.70. The van der Waals surface area contributed by atoms with E-state index in [0.717, 1.165) is 7.11 Å². The second kappa shape index (κ2) is 22.6. The van der Waals surface area contributed by atoms with E-state index in [1.807, 2.05) is 0 Å². The van der Waals surface area contributed by atoms with Crippen molar-refractivity contribution in [2.45, 2.75) is 0 Å². The Morgan fingerprint density at radius 3 is 0.767 bits per heavy atom. The van der Waals surface area contributed by atoms with Crippen LogP contribution in [0.1, 0.15) is 0 Å². The molecule has 0 amide bonds. The molecular formula is C2H6O27S. The maximum absolute atomic E-state index is 10.3. The van der Waals surface area contributed by atoms with E-state index in [4.69, 9.17) is 0 Å². The van der Waals surface area contributed by atoms with E-state index in [9.17, 15) is 8.42 Å². The zero-order valence-electron chi connectivity index (χ0n) is 13.4. The first-order valence-electron chi connectivity index (χ1n) is 5.32. The van der Waals surface area contributed by atoms with Gasteiger partial charge in [0.05, 0.1) is 13.4 Å². The molecule has 28 heteroatoms. The summed E-state index contributed by atoms with van der Waals surface area (Å²) in [6, 6.07) is 0. The smallest absolute Gasteiger partial charge is 0.207 e. The summed E-state index contributed by atoms with van der Waals surface area (Å²) in [5.74, 6) is 0. The second-order valence-electron chi connectivity index (χ2n) is 2.50. The third-order valence-electron chi connectivity index (χ3n) is 0.831. The summed E-state index contributed by atoms with van der Waals surface area (Å²) in [6.07, 6.45) is 0.622. The molecule has 0 fully saturated rings. The van der Waals surface area contributed by atoms with Gasteiger partial charge in [-0.3, -0.25) is 0 Å². The Bertz CT molecular complexity index is 417. The molecule has 0 bridgehead atoms. The van der Waals surface area contributed by atoms with Gasteiger partial charge in [0, 0.05) is 35.3 Å². The normalized spacial score (nSPS) is 11.9. The van der Waals surface area contributed by atoms with Crippen LogP contribution in [-0.2, 0) is 135 Å². The Balaban J connectivity index is 3.03. The number of hydrogen-bond donors (Lipinski definition) is 0. The van der Waals surface area contributed by atoms with Crippen molar-refractivity contribution in [3.63, 3.8) is 0 Å². The molecule has 0 saturated heterocycles. The number of rotatable bonds is 25. The molecule has 0 saturated carbocycles. The fourth-order valence-electron chi connectivity index (χ4n) is 0.328. The largest absolute Gasteiger partial charge is 0.293 e. The summed E-state index contributed by atoms with van der Waals surface area (Å²) in [6.45, 7) is 0. The molecule has 182 valence electrons. The van der Waals surface area contributed by atoms with Crippen molar-refractivity contribution in [1.29, 1.82) is 0 Å². The predicted molar refractivity (Wildman–Crippen MR) is 47.9 cm³/mol. The van der Waals surface area contributed by atoms with Crippen molar-refractivity contribution in [2.75, 3.05) is 13.4 Å². The van der Waals surface area contributed by atoms with Gasteiger partial charge >= 0.3 is 0 Å². The Morgan fingerprint density at radius 2 is 0.567 bits per heavy atom. The van der Waals surface area contributed by atoms with Crippen LogP contribution in [0, 0.1) is 0 Å². The van der Waals surface area contributed by atoms with Gasteiger partial charge in [0.1, 0.15) is 0 Å². The third-order valence-corrected chi connectivity index (χ3v) is 1.13. The third kappa shape index (κ3) is 27.0. The summed E-state index contributed by atoms with van der Waals surface area (Å²) >= 11 is 0. The minimum Gasteiger partial charge on any atom is -0.207 e. The van der Waals surface area contributed by atoms with E-state index in [2.05, 4.69) is 125 Å². The molecule has 0 rings (SSSR count). The van der Waals surface area contributed by atoms with Crippen molar-refractivity contribution >= 4 is 10.1 Å². The Labute approximate surface area is 158 Å². The summed E-state index contributed by atoms with van der Waals surface area (Å²) in [5, 5.41) is 80.6. The fraction of sp³-hybridized carbons (Fsp3) is 1.00. The highest BCUT2D eigenvalue weighted by molar-refractivity contribution is 7.85. The molecule has 0 aromatic carbocycles. The van der Waals surface area contributed by atoms with Crippen LogP contribution in [0.5, 0.6) is 0 Å². The molecule has 30 heavy (non-hydrogen) atoms. The molecule has 0 aliphatic carbocycles. The van der Waals surface area contributed by atoms with Crippen LogP contribution < -0.4 is 0 Å². The Kier molecular flexibility index (Phi) is 21.8. The highest BCUT2D eigenvalue weighted by atomic mass is 32.2. The van der Waals surface area contributed by atoms with Crippen LogP contribution in [0.25, 0.3) is 0 Å². The van der Waals surface area contributed by atoms with E-state index in [1.165, 1.54) is 0 Å². The lowest BCUT2D eigenvalue weighted by Crippen LogP contribution is -2.07. The van der Waals surface area contributed by atoms with Crippen LogP contribution in [0.4, 0.5) is 0 Å². The quantitative estimate of drug-likeness (QED) is 0.0750. The first-order chi connectivity index (χ1) is 14.6. The molecule has 0 heterocycles. The molecule has 0 spiro atoms. The van der Waals surface area contributed by atoms with E-state index in [0.29, 0.717) is 6.26 Å². The minimum atomic E-state index is -3.97. The zero-order valence-corrected chi connectivity index (χ0v) is 14.2. The van der Waals surface area contributed by atoms with Gasteiger partial charge in [-0.05, 0) is 80.6 Å². The van der Waals surface area contributed by atoms with E-state index < -0.39 is 10.1 Å². The van der Waals surface area contributed by atoms with Crippen LogP contribution in [0.3, 0.4) is 0 Å². The molecule has 0 aliphatic rings. The van der Waals surface area contributed by atoms with Crippen molar-refractivity contribution in [1.82, 2.24) is 0 Å². The first kappa shape index (κ1) is 28.9. The SMILES string of the molecule is COOOOOOOOOOOOOOOOOOOOOOOOOS(C)(=O)=O. The molecule has 27 nitrogen and oxygen atoms in total. The van der Waals surface area contributed by atoms with Crippen molar-refractivity contribution in [3.8, 4) is 0 Å². The van der Waals surface area contributed by atoms with Gasteiger partial charge in [0.15, 0.2) is 0 Å². The maximum Gasteiger partial charge on any atom is 0.293 e. The van der Waals surface area contributed by atoms with Gasteiger partial charge in [-0.2, -0.15) is 8.42 Å². The Morgan fingerprint density at radius 1 is 0.367 bits per heavy atom. The van der Waals surface area contributed by atoms with Gasteiger partial charge in [-0.1, -0.05) is 4.33 Å². The topological polar surface area (TPSA) is 265 Å². The molecule has 0 radical (unpaired) electrons. The van der Waals surface area contributed by atoms with E-state index in [-0.39, 0.29) is 0 Å². The predicted octanol–water partition coefficient (Wildman–Crippen LogP) is -2.05. The molecule has 0 aromatic heterocycles. The number of hydrogen-bond acceptors (Lipinski definition) is 27. The zero-order chi connectivity index (χ0) is 22.2. The van der Waals surface area contributed by atoms with Crippen molar-refractivity contribution < 1.29 is 134 Å². The highest BCUT2D eigenvalue weighted by Crippen LogP contribution is 1.95. The van der Waals surface area contributed by atoms with E-state index >= 15 is 0 Å². The van der Waals surface area contributed by atoms with E-state index in [1.54, 1.807) is 0 Å². The molecule has 0 aliphatic heterocycles. The van der Waals surface area contributed by atoms with Gasteiger partial charge in [-0.25, -0.2) is 4.89 Å². The lowest BCUT2D eigenvalue weighted by atomic mass is 11.8. The highest BCUT2D eigenvalue weighted by Gasteiger charge is 2.05. The average molecular weight is 494 g/mol. The molecule has 0 unspecified atom stereocenters. The van der Waals surface area contributed by atoms with Crippen LogP contribution in [-0.4, -0.2) is 21.8 Å². The van der Waals surface area contributed by atoms with Gasteiger partial charge in [-0.15, -0.1) is 0 Å². The first-order valence-corrected chi connectivity index (χ1v) is 7.13. The van der Waals surface area contributed by atoms with Crippen LogP contribution in [0.2, 0.25) is 0 Å². The van der Waals surface area contributed by atoms with Gasteiger partial charge in [0.25, 0.3) is 10.1 Å². The molecule has 0 aromatic rings. The summed E-state index contributed by atoms with van der Waals surface area (Å²) in [7, 11) is -2.89. The van der Waals surface area contributed by atoms with Crippen LogP contribution >= 0.6 is 0 Å². The Hall–Kier alpha value is -1.05. The summed E-state index contributed by atoms with van der Waals surface area (Å²) < 4.78 is 24.2. The fourth-order valence-corrected chi connectivity index (χ4v) is 0.451. The maximum atomic E-state index is 10.3. The van der Waals surface area contributed by atoms with Crippen molar-refractivity contribution in [2.24, 2.45) is 0 Å². The minimum absolute atomic E-state index is 0.622. The second-order valence-corrected chi connectivity index (χ2v) is 4.05. The molecule has 0 atom stereocenters. The van der Waals surface area contributed by atoms with Gasteiger partial charge < -0.3 is 0 Å². The monoisotopic (exact) mass is 494 g/mol. The standard InChI is InChI=1S/C2H6O27S/c1-5-6-7-8-9-10-11-12-13-14-15-16-17-18-19-20-21-22-23-24-25-26-27-28-29-30(2,3)4/h1-2H3. The molecule has 0 N–H and O–H groups in total. The summed E-state index contributed by atoms with van der Waals surface area (Å²) in [4.78, 5) is 3.87. The van der Waals surface area contributed by atoms with Crippen LogP contribution in [0.15, 0.2) is 0 Å². The van der Waals surface area contributed by atoms with Crippen molar-refractivity contribution in [3.05, 3.63) is 0 Å².